The Morgan fingerprint density at radius 2 is 2.33 bits per heavy atom. The third-order valence-electron chi connectivity index (χ3n) is 2.78. The summed E-state index contributed by atoms with van der Waals surface area (Å²) in [6, 6.07) is 3.42. The molecule has 0 bridgehead atoms. The normalized spacial score (nSPS) is 16.8. The Morgan fingerprint density at radius 1 is 1.56 bits per heavy atom. The molecule has 1 amide bonds. The zero-order chi connectivity index (χ0) is 13.0. The number of nitrogens with zero attached hydrogens (tertiary/aromatic N) is 1. The average Bonchev–Trinajstić information content (AvgIpc) is 2.35. The molecule has 0 atom stereocenters. The predicted molar refractivity (Wildman–Crippen MR) is 66.6 cm³/mol. The first kappa shape index (κ1) is 12.8. The van der Waals surface area contributed by atoms with Gasteiger partial charge in [-0.05, 0) is 13.0 Å². The summed E-state index contributed by atoms with van der Waals surface area (Å²) in [5.74, 6) is 0.326. The molecule has 1 fully saturated rings. The quantitative estimate of drug-likeness (QED) is 0.793. The van der Waals surface area contributed by atoms with Gasteiger partial charge >= 0.3 is 0 Å². The summed E-state index contributed by atoms with van der Waals surface area (Å²) < 4.78 is 10.5. The lowest BCUT2D eigenvalue weighted by Crippen LogP contribution is -2.59. The lowest BCUT2D eigenvalue weighted by Gasteiger charge is -2.38. The molecule has 1 aromatic rings. The molecule has 1 saturated heterocycles. The minimum Gasteiger partial charge on any atom is -0.481 e. The first-order valence-corrected chi connectivity index (χ1v) is 5.76. The van der Waals surface area contributed by atoms with Crippen molar-refractivity contribution in [3.63, 3.8) is 0 Å². The largest absolute Gasteiger partial charge is 0.481 e. The van der Waals surface area contributed by atoms with Gasteiger partial charge in [0.25, 0.3) is 0 Å². The van der Waals surface area contributed by atoms with Crippen LogP contribution in [0.15, 0.2) is 18.3 Å². The van der Waals surface area contributed by atoms with Crippen LogP contribution in [0, 0.1) is 0 Å². The Labute approximate surface area is 106 Å². The van der Waals surface area contributed by atoms with Crippen molar-refractivity contribution in [3.8, 4) is 5.88 Å². The molecule has 1 aromatic heterocycles. The standard InChI is InChI=1S/C12H17N3O3/c1-12(7-13-8-12)18-6-10(16)15-9-3-4-11(17-2)14-5-9/h3-5,13H,6-8H2,1-2H3,(H,15,16). The molecule has 1 aliphatic heterocycles. The number of nitrogens with one attached hydrogen (secondary N) is 2. The lowest BCUT2D eigenvalue weighted by molar-refractivity contribution is -0.130. The maximum absolute atomic E-state index is 11.6. The van der Waals surface area contributed by atoms with Crippen molar-refractivity contribution in [2.75, 3.05) is 32.1 Å². The predicted octanol–water partition coefficient (Wildman–Crippen LogP) is 0.407. The topological polar surface area (TPSA) is 72.5 Å². The number of amides is 1. The van der Waals surface area contributed by atoms with Crippen LogP contribution in [0.5, 0.6) is 5.88 Å². The number of carbonyl (C=O) groups excluding carboxylic acids is 1. The molecule has 6 heteroatoms. The lowest BCUT2D eigenvalue weighted by atomic mass is 10.0. The van der Waals surface area contributed by atoms with Gasteiger partial charge in [0.2, 0.25) is 11.8 Å². The van der Waals surface area contributed by atoms with E-state index >= 15 is 0 Å². The van der Waals surface area contributed by atoms with Crippen LogP contribution < -0.4 is 15.4 Å². The minimum atomic E-state index is -0.213. The molecule has 18 heavy (non-hydrogen) atoms. The van der Waals surface area contributed by atoms with Crippen molar-refractivity contribution in [2.24, 2.45) is 0 Å². The van der Waals surface area contributed by atoms with Crippen LogP contribution >= 0.6 is 0 Å². The summed E-state index contributed by atoms with van der Waals surface area (Å²) >= 11 is 0. The van der Waals surface area contributed by atoms with Crippen LogP contribution in [0.1, 0.15) is 6.92 Å². The molecular weight excluding hydrogens is 234 g/mol. The number of methoxy groups -OCH3 is 1. The SMILES string of the molecule is COc1ccc(NC(=O)COC2(C)CNC2)cn1. The summed E-state index contributed by atoms with van der Waals surface area (Å²) in [5, 5.41) is 5.82. The maximum Gasteiger partial charge on any atom is 0.250 e. The van der Waals surface area contributed by atoms with Crippen LogP contribution in [0.4, 0.5) is 5.69 Å². The van der Waals surface area contributed by atoms with E-state index in [-0.39, 0.29) is 18.1 Å². The molecule has 2 heterocycles. The van der Waals surface area contributed by atoms with Crippen molar-refractivity contribution >= 4 is 11.6 Å². The van der Waals surface area contributed by atoms with Crippen LogP contribution in [0.2, 0.25) is 0 Å². The smallest absolute Gasteiger partial charge is 0.250 e. The number of carbonyl (C=O) groups is 1. The van der Waals surface area contributed by atoms with Gasteiger partial charge in [0.05, 0.1) is 24.6 Å². The number of ether oxygens (including phenoxy) is 2. The van der Waals surface area contributed by atoms with Crippen LogP contribution in [0.3, 0.4) is 0 Å². The average molecular weight is 251 g/mol. The Kier molecular flexibility index (Phi) is 3.78. The van der Waals surface area contributed by atoms with E-state index in [0.29, 0.717) is 11.6 Å². The first-order chi connectivity index (χ1) is 8.61. The highest BCUT2D eigenvalue weighted by molar-refractivity contribution is 5.91. The van der Waals surface area contributed by atoms with Crippen molar-refractivity contribution in [2.45, 2.75) is 12.5 Å². The molecule has 0 saturated carbocycles. The fourth-order valence-electron chi connectivity index (χ4n) is 1.59. The molecule has 0 aromatic carbocycles. The molecule has 0 radical (unpaired) electrons. The van der Waals surface area contributed by atoms with Gasteiger partial charge in [-0.1, -0.05) is 0 Å². The first-order valence-electron chi connectivity index (χ1n) is 5.76. The number of pyridine rings is 1. The third kappa shape index (κ3) is 3.18. The molecule has 6 nitrogen and oxygen atoms in total. The van der Waals surface area contributed by atoms with Gasteiger partial charge in [0.1, 0.15) is 6.61 Å². The molecule has 98 valence electrons. The van der Waals surface area contributed by atoms with E-state index in [9.17, 15) is 4.79 Å². The van der Waals surface area contributed by atoms with E-state index in [0.717, 1.165) is 13.1 Å². The maximum atomic E-state index is 11.6. The summed E-state index contributed by atoms with van der Waals surface area (Å²) in [5.41, 5.74) is 0.413. The van der Waals surface area contributed by atoms with E-state index in [1.54, 1.807) is 25.4 Å². The number of hydrogen-bond acceptors (Lipinski definition) is 5. The highest BCUT2D eigenvalue weighted by Gasteiger charge is 2.32. The van der Waals surface area contributed by atoms with Gasteiger partial charge in [-0.15, -0.1) is 0 Å². The van der Waals surface area contributed by atoms with Gasteiger partial charge in [0, 0.05) is 19.2 Å². The van der Waals surface area contributed by atoms with Crippen molar-refractivity contribution in [3.05, 3.63) is 18.3 Å². The number of anilines is 1. The molecular formula is C12H17N3O3. The summed E-state index contributed by atoms with van der Waals surface area (Å²) in [6.45, 7) is 3.59. The van der Waals surface area contributed by atoms with Crippen molar-refractivity contribution in [1.82, 2.24) is 10.3 Å². The van der Waals surface area contributed by atoms with Gasteiger partial charge in [-0.2, -0.15) is 0 Å². The second-order valence-electron chi connectivity index (χ2n) is 4.48. The van der Waals surface area contributed by atoms with E-state index in [1.165, 1.54) is 0 Å². The highest BCUT2D eigenvalue weighted by atomic mass is 16.5. The zero-order valence-corrected chi connectivity index (χ0v) is 10.5. The Balaban J connectivity index is 1.79. The second kappa shape index (κ2) is 5.32. The Morgan fingerprint density at radius 3 is 2.83 bits per heavy atom. The van der Waals surface area contributed by atoms with Crippen molar-refractivity contribution in [1.29, 1.82) is 0 Å². The van der Waals surface area contributed by atoms with E-state index < -0.39 is 0 Å². The monoisotopic (exact) mass is 251 g/mol. The summed E-state index contributed by atoms with van der Waals surface area (Å²) in [4.78, 5) is 15.6. The number of rotatable bonds is 5. The van der Waals surface area contributed by atoms with Crippen LogP contribution in [-0.4, -0.2) is 43.3 Å². The highest BCUT2D eigenvalue weighted by Crippen LogP contribution is 2.15. The summed E-state index contributed by atoms with van der Waals surface area (Å²) in [7, 11) is 1.54. The third-order valence-corrected chi connectivity index (χ3v) is 2.78. The zero-order valence-electron chi connectivity index (χ0n) is 10.5. The molecule has 0 spiro atoms. The second-order valence-corrected chi connectivity index (χ2v) is 4.48. The van der Waals surface area contributed by atoms with E-state index in [4.69, 9.17) is 9.47 Å². The van der Waals surface area contributed by atoms with Gasteiger partial charge < -0.3 is 20.1 Å². The minimum absolute atomic E-state index is 0.0458. The van der Waals surface area contributed by atoms with Crippen LogP contribution in [0.25, 0.3) is 0 Å². The number of hydrogen-bond donors (Lipinski definition) is 2. The summed E-state index contributed by atoms with van der Waals surface area (Å²) in [6.07, 6.45) is 1.54. The van der Waals surface area contributed by atoms with Gasteiger partial charge in [-0.3, -0.25) is 4.79 Å². The molecule has 1 aliphatic rings. The number of aromatic nitrogens is 1. The molecule has 0 aliphatic carbocycles. The van der Waals surface area contributed by atoms with Gasteiger partial charge in [0.15, 0.2) is 0 Å². The molecule has 2 rings (SSSR count). The molecule has 2 N–H and O–H groups in total. The Hall–Kier alpha value is -1.66. The van der Waals surface area contributed by atoms with E-state index in [2.05, 4.69) is 15.6 Å². The van der Waals surface area contributed by atoms with Gasteiger partial charge in [-0.25, -0.2) is 4.98 Å². The fourth-order valence-corrected chi connectivity index (χ4v) is 1.59. The fraction of sp³-hybridized carbons (Fsp3) is 0.500. The Bertz CT molecular complexity index is 415. The molecule has 0 unspecified atom stereocenters. The van der Waals surface area contributed by atoms with Crippen LogP contribution in [-0.2, 0) is 9.53 Å². The van der Waals surface area contributed by atoms with Crippen molar-refractivity contribution < 1.29 is 14.3 Å². The van der Waals surface area contributed by atoms with E-state index in [1.807, 2.05) is 6.92 Å².